The van der Waals surface area contributed by atoms with Crippen molar-refractivity contribution in [1.82, 2.24) is 5.32 Å². The first-order chi connectivity index (χ1) is 9.81. The quantitative estimate of drug-likeness (QED) is 0.829. The number of hydrogen-bond acceptors (Lipinski definition) is 2. The fourth-order valence-electron chi connectivity index (χ4n) is 3.92. The molecule has 116 valence electrons. The van der Waals surface area contributed by atoms with Crippen molar-refractivity contribution in [2.45, 2.75) is 83.1 Å². The van der Waals surface area contributed by atoms with E-state index in [0.29, 0.717) is 12.5 Å². The number of amides is 1. The lowest BCUT2D eigenvalue weighted by molar-refractivity contribution is -0.126. The fraction of sp³-hybridized carbons (Fsp3) is 0.941. The monoisotopic (exact) mass is 280 g/mol. The lowest BCUT2D eigenvalue weighted by atomic mass is 9.83. The first-order valence-corrected chi connectivity index (χ1v) is 8.81. The largest absolute Gasteiger partial charge is 0.352 e. The molecule has 0 aromatic carbocycles. The van der Waals surface area contributed by atoms with E-state index in [-0.39, 0.29) is 17.9 Å². The lowest BCUT2D eigenvalue weighted by Crippen LogP contribution is -2.48. The highest BCUT2D eigenvalue weighted by molar-refractivity contribution is 5.79. The first-order valence-electron chi connectivity index (χ1n) is 8.81. The van der Waals surface area contributed by atoms with Gasteiger partial charge in [-0.1, -0.05) is 51.4 Å². The van der Waals surface area contributed by atoms with E-state index in [4.69, 9.17) is 5.73 Å². The van der Waals surface area contributed by atoms with Crippen LogP contribution in [0.2, 0.25) is 0 Å². The summed E-state index contributed by atoms with van der Waals surface area (Å²) in [5, 5.41) is 3.29. The van der Waals surface area contributed by atoms with Gasteiger partial charge in [-0.05, 0) is 31.6 Å². The average molecular weight is 280 g/mol. The van der Waals surface area contributed by atoms with Crippen molar-refractivity contribution in [3.63, 3.8) is 0 Å². The Balaban J connectivity index is 1.83. The normalized spacial score (nSPS) is 24.6. The van der Waals surface area contributed by atoms with Crippen LogP contribution in [-0.2, 0) is 4.79 Å². The van der Waals surface area contributed by atoms with Crippen LogP contribution in [0.4, 0.5) is 0 Å². The third-order valence-electron chi connectivity index (χ3n) is 5.28. The van der Waals surface area contributed by atoms with E-state index in [9.17, 15) is 4.79 Å². The highest BCUT2D eigenvalue weighted by Crippen LogP contribution is 2.27. The van der Waals surface area contributed by atoms with Crippen LogP contribution in [0.5, 0.6) is 0 Å². The lowest BCUT2D eigenvalue weighted by Gasteiger charge is -2.31. The first kappa shape index (κ1) is 15.8. The molecule has 2 saturated carbocycles. The van der Waals surface area contributed by atoms with Crippen LogP contribution in [0.3, 0.4) is 0 Å². The molecule has 3 nitrogen and oxygen atoms in total. The molecule has 0 bridgehead atoms. The number of nitrogens with one attached hydrogen (secondary N) is 1. The van der Waals surface area contributed by atoms with Crippen LogP contribution in [0.25, 0.3) is 0 Å². The zero-order chi connectivity index (χ0) is 14.2. The molecule has 0 spiro atoms. The van der Waals surface area contributed by atoms with Crippen LogP contribution in [-0.4, -0.2) is 18.5 Å². The van der Waals surface area contributed by atoms with Crippen molar-refractivity contribution in [1.29, 1.82) is 0 Å². The molecule has 1 amide bonds. The maximum absolute atomic E-state index is 12.5. The van der Waals surface area contributed by atoms with Gasteiger partial charge in [0.2, 0.25) is 5.91 Å². The summed E-state index contributed by atoms with van der Waals surface area (Å²) >= 11 is 0. The molecule has 0 saturated heterocycles. The van der Waals surface area contributed by atoms with Gasteiger partial charge in [-0.15, -0.1) is 0 Å². The molecule has 2 fully saturated rings. The molecule has 3 N–H and O–H groups in total. The Morgan fingerprint density at radius 3 is 2.00 bits per heavy atom. The zero-order valence-corrected chi connectivity index (χ0v) is 12.9. The van der Waals surface area contributed by atoms with E-state index in [0.717, 1.165) is 12.8 Å². The second-order valence-corrected chi connectivity index (χ2v) is 6.79. The third kappa shape index (κ3) is 4.76. The van der Waals surface area contributed by atoms with Gasteiger partial charge in [-0.2, -0.15) is 0 Å². The Bertz CT molecular complexity index is 279. The van der Waals surface area contributed by atoms with E-state index in [1.807, 2.05) is 0 Å². The van der Waals surface area contributed by atoms with Crippen LogP contribution >= 0.6 is 0 Å². The SMILES string of the molecule is NCC(NC(=O)C1CCCCCCC1)C1CCCCC1. The summed E-state index contributed by atoms with van der Waals surface area (Å²) in [5.74, 6) is 1.15. The van der Waals surface area contributed by atoms with Crippen molar-refractivity contribution in [2.24, 2.45) is 17.6 Å². The van der Waals surface area contributed by atoms with Gasteiger partial charge in [0.15, 0.2) is 0 Å². The Hall–Kier alpha value is -0.570. The molecule has 1 unspecified atom stereocenters. The van der Waals surface area contributed by atoms with Crippen molar-refractivity contribution in [2.75, 3.05) is 6.54 Å². The van der Waals surface area contributed by atoms with Crippen molar-refractivity contribution in [3.8, 4) is 0 Å². The number of nitrogens with two attached hydrogens (primary N) is 1. The molecular weight excluding hydrogens is 248 g/mol. The van der Waals surface area contributed by atoms with E-state index >= 15 is 0 Å². The molecule has 3 heteroatoms. The van der Waals surface area contributed by atoms with E-state index < -0.39 is 0 Å². The molecule has 0 radical (unpaired) electrons. The van der Waals surface area contributed by atoms with Crippen molar-refractivity contribution >= 4 is 5.91 Å². The highest BCUT2D eigenvalue weighted by atomic mass is 16.1. The molecular formula is C17H32N2O. The molecule has 1 atom stereocenters. The molecule has 2 rings (SSSR count). The number of carbonyl (C=O) groups excluding carboxylic acids is 1. The molecule has 0 aromatic heterocycles. The van der Waals surface area contributed by atoms with Crippen LogP contribution < -0.4 is 11.1 Å². The highest BCUT2D eigenvalue weighted by Gasteiger charge is 2.27. The smallest absolute Gasteiger partial charge is 0.223 e. The summed E-state index contributed by atoms with van der Waals surface area (Å²) in [6.07, 6.45) is 15.0. The predicted octanol–water partition coefficient (Wildman–Crippen LogP) is 3.37. The van der Waals surface area contributed by atoms with Gasteiger partial charge in [-0.3, -0.25) is 4.79 Å². The fourth-order valence-corrected chi connectivity index (χ4v) is 3.92. The van der Waals surface area contributed by atoms with Gasteiger partial charge in [0.25, 0.3) is 0 Å². The van der Waals surface area contributed by atoms with Crippen LogP contribution in [0.15, 0.2) is 0 Å². The molecule has 2 aliphatic rings. The maximum atomic E-state index is 12.5. The van der Waals surface area contributed by atoms with Crippen molar-refractivity contribution < 1.29 is 4.79 Å². The molecule has 0 aliphatic heterocycles. The summed E-state index contributed by atoms with van der Waals surface area (Å²) in [7, 11) is 0. The summed E-state index contributed by atoms with van der Waals surface area (Å²) in [4.78, 5) is 12.5. The number of rotatable bonds is 4. The summed E-state index contributed by atoms with van der Waals surface area (Å²) in [5.41, 5.74) is 5.92. The average Bonchev–Trinajstić information content (AvgIpc) is 2.45. The Kier molecular flexibility index (Phi) is 6.85. The minimum absolute atomic E-state index is 0.216. The van der Waals surface area contributed by atoms with Gasteiger partial charge in [0.1, 0.15) is 0 Å². The maximum Gasteiger partial charge on any atom is 0.223 e. The van der Waals surface area contributed by atoms with E-state index in [1.165, 1.54) is 64.2 Å². The molecule has 2 aliphatic carbocycles. The van der Waals surface area contributed by atoms with Gasteiger partial charge >= 0.3 is 0 Å². The summed E-state index contributed by atoms with van der Waals surface area (Å²) in [6, 6.07) is 0.216. The summed E-state index contributed by atoms with van der Waals surface area (Å²) < 4.78 is 0. The second kappa shape index (κ2) is 8.66. The molecule has 20 heavy (non-hydrogen) atoms. The molecule has 0 aromatic rings. The summed E-state index contributed by atoms with van der Waals surface area (Å²) in [6.45, 7) is 0.600. The van der Waals surface area contributed by atoms with Gasteiger partial charge < -0.3 is 11.1 Å². The Morgan fingerprint density at radius 2 is 1.40 bits per heavy atom. The van der Waals surface area contributed by atoms with Gasteiger partial charge in [-0.25, -0.2) is 0 Å². The zero-order valence-electron chi connectivity index (χ0n) is 12.9. The Labute approximate surface area is 124 Å². The van der Waals surface area contributed by atoms with Crippen LogP contribution in [0, 0.1) is 11.8 Å². The number of hydrogen-bond donors (Lipinski definition) is 2. The van der Waals surface area contributed by atoms with Gasteiger partial charge in [0.05, 0.1) is 0 Å². The second-order valence-electron chi connectivity index (χ2n) is 6.79. The Morgan fingerprint density at radius 1 is 0.900 bits per heavy atom. The minimum Gasteiger partial charge on any atom is -0.352 e. The topological polar surface area (TPSA) is 55.1 Å². The van der Waals surface area contributed by atoms with Crippen molar-refractivity contribution in [3.05, 3.63) is 0 Å². The van der Waals surface area contributed by atoms with Crippen LogP contribution in [0.1, 0.15) is 77.0 Å². The predicted molar refractivity (Wildman–Crippen MR) is 83.4 cm³/mol. The standard InChI is InChI=1S/C17H32N2O/c18-13-16(14-9-7-4-8-10-14)19-17(20)15-11-5-2-1-3-6-12-15/h14-16H,1-13,18H2,(H,19,20). The van der Waals surface area contributed by atoms with Gasteiger partial charge in [0, 0.05) is 18.5 Å². The van der Waals surface area contributed by atoms with E-state index in [1.54, 1.807) is 0 Å². The molecule has 0 heterocycles. The number of carbonyl (C=O) groups is 1. The van der Waals surface area contributed by atoms with E-state index in [2.05, 4.69) is 5.32 Å². The third-order valence-corrected chi connectivity index (χ3v) is 5.28. The minimum atomic E-state index is 0.216.